The van der Waals surface area contributed by atoms with Crippen molar-refractivity contribution in [3.8, 4) is 10.8 Å². The quantitative estimate of drug-likeness (QED) is 0.565. The van der Waals surface area contributed by atoms with Crippen LogP contribution in [0.25, 0.3) is 10.8 Å². The van der Waals surface area contributed by atoms with Gasteiger partial charge in [-0.1, -0.05) is 23.2 Å². The molecule has 0 unspecified atom stereocenters. The van der Waals surface area contributed by atoms with Gasteiger partial charge in [-0.25, -0.2) is 15.0 Å². The van der Waals surface area contributed by atoms with Crippen molar-refractivity contribution in [1.29, 1.82) is 0 Å². The fraction of sp³-hybridized carbons (Fsp3) is 0.125. The second-order valence-corrected chi connectivity index (χ2v) is 5.75. The third kappa shape index (κ3) is 2.41. The summed E-state index contributed by atoms with van der Waals surface area (Å²) < 4.78 is 0.660. The van der Waals surface area contributed by atoms with E-state index < -0.39 is 0 Å². The predicted molar refractivity (Wildman–Crippen MR) is 70.6 cm³/mol. The number of hydrogen-bond acceptors (Lipinski definition) is 4. The molecule has 0 spiro atoms. The maximum atomic E-state index is 5.91. The van der Waals surface area contributed by atoms with E-state index in [1.807, 2.05) is 29.5 Å². The highest BCUT2D eigenvalue weighted by Gasteiger charge is 2.12. The van der Waals surface area contributed by atoms with Crippen LogP contribution in [-0.2, 0) is 0 Å². The van der Waals surface area contributed by atoms with Gasteiger partial charge in [0.1, 0.15) is 10.3 Å². The molecule has 7 heteroatoms. The third-order valence-corrected chi connectivity index (χ3v) is 4.70. The Labute approximate surface area is 114 Å². The van der Waals surface area contributed by atoms with Crippen LogP contribution in [0, 0.1) is 10.5 Å². The van der Waals surface area contributed by atoms with Crippen molar-refractivity contribution in [3.05, 3.63) is 25.0 Å². The van der Waals surface area contributed by atoms with E-state index in [0.29, 0.717) is 19.7 Å². The second kappa shape index (κ2) is 4.48. The average Bonchev–Trinajstić information content (AvgIpc) is 2.60. The average molecular weight is 372 g/mol. The number of nitrogens with zero attached hydrogens (tertiary/aromatic N) is 3. The van der Waals surface area contributed by atoms with Crippen molar-refractivity contribution in [1.82, 2.24) is 15.0 Å². The summed E-state index contributed by atoms with van der Waals surface area (Å²) in [6.45, 7) is 1.97. The molecule has 78 valence electrons. The first-order valence-electron chi connectivity index (χ1n) is 3.89. The molecule has 0 atom stereocenters. The first kappa shape index (κ1) is 11.5. The highest BCUT2D eigenvalue weighted by atomic mass is 127. The zero-order chi connectivity index (χ0) is 11.0. The first-order valence-corrected chi connectivity index (χ1v) is 6.54. The van der Waals surface area contributed by atoms with Gasteiger partial charge in [-0.2, -0.15) is 0 Å². The van der Waals surface area contributed by atoms with Crippen molar-refractivity contribution in [2.45, 2.75) is 6.92 Å². The van der Waals surface area contributed by atoms with Crippen LogP contribution in [0.1, 0.15) is 4.88 Å². The molecule has 0 amide bonds. The summed E-state index contributed by atoms with van der Waals surface area (Å²) in [4.78, 5) is 13.5. The zero-order valence-corrected chi connectivity index (χ0v) is 11.9. The van der Waals surface area contributed by atoms with Gasteiger partial charge in [0.2, 0.25) is 0 Å². The van der Waals surface area contributed by atoms with Crippen LogP contribution in [0.5, 0.6) is 0 Å². The number of aryl methyl sites for hydroxylation is 1. The molecular weight excluding hydrogens is 368 g/mol. The molecular formula is C8H4Cl2IN3S. The topological polar surface area (TPSA) is 38.7 Å². The number of hydrogen-bond donors (Lipinski definition) is 0. The molecule has 15 heavy (non-hydrogen) atoms. The van der Waals surface area contributed by atoms with Gasteiger partial charge in [0, 0.05) is 11.1 Å². The number of halogens is 3. The molecule has 2 aromatic heterocycles. The van der Waals surface area contributed by atoms with E-state index in [4.69, 9.17) is 23.2 Å². The molecule has 0 aromatic carbocycles. The molecule has 0 saturated carbocycles. The fourth-order valence-corrected chi connectivity index (χ4v) is 2.28. The second-order valence-electron chi connectivity index (χ2n) is 2.72. The molecule has 2 aromatic rings. The molecule has 0 aliphatic carbocycles. The first-order chi connectivity index (χ1) is 7.08. The predicted octanol–water partition coefficient (Wildman–Crippen LogP) is 3.82. The largest absolute Gasteiger partial charge is 0.241 e. The summed E-state index contributed by atoms with van der Waals surface area (Å²) in [5, 5.41) is 1.45. The summed E-state index contributed by atoms with van der Waals surface area (Å²) in [7, 11) is 0. The summed E-state index contributed by atoms with van der Waals surface area (Å²) >= 11 is 15.3. The van der Waals surface area contributed by atoms with Gasteiger partial charge < -0.3 is 0 Å². The summed E-state index contributed by atoms with van der Waals surface area (Å²) in [6.07, 6.45) is 1.77. The van der Waals surface area contributed by atoms with Crippen LogP contribution < -0.4 is 0 Å². The highest BCUT2D eigenvalue weighted by molar-refractivity contribution is 14.1. The smallest absolute Gasteiger partial charge is 0.191 e. The molecule has 0 aliphatic rings. The normalized spacial score (nSPS) is 10.7. The molecule has 0 radical (unpaired) electrons. The van der Waals surface area contributed by atoms with Crippen LogP contribution in [0.3, 0.4) is 0 Å². The minimum atomic E-state index is 0.360. The van der Waals surface area contributed by atoms with Gasteiger partial charge in [-0.15, -0.1) is 11.3 Å². The van der Waals surface area contributed by atoms with E-state index in [2.05, 4.69) is 15.0 Å². The van der Waals surface area contributed by atoms with Gasteiger partial charge in [0.05, 0.1) is 3.57 Å². The van der Waals surface area contributed by atoms with Crippen LogP contribution in [-0.4, -0.2) is 15.0 Å². The van der Waals surface area contributed by atoms with E-state index in [0.717, 1.165) is 9.88 Å². The molecule has 3 nitrogen and oxygen atoms in total. The Morgan fingerprint density at radius 1 is 1.27 bits per heavy atom. The monoisotopic (exact) mass is 371 g/mol. The summed E-state index contributed by atoms with van der Waals surface area (Å²) in [5.74, 6) is 0.475. The molecule has 0 aliphatic heterocycles. The van der Waals surface area contributed by atoms with Gasteiger partial charge in [0.25, 0.3) is 0 Å². The molecule has 0 fully saturated rings. The van der Waals surface area contributed by atoms with E-state index in [9.17, 15) is 0 Å². The Bertz CT molecular complexity index is 491. The van der Waals surface area contributed by atoms with Gasteiger partial charge in [-0.3, -0.25) is 0 Å². The van der Waals surface area contributed by atoms with Crippen LogP contribution in [0.15, 0.2) is 6.20 Å². The van der Waals surface area contributed by atoms with Gasteiger partial charge in [-0.05, 0) is 29.5 Å². The summed E-state index contributed by atoms with van der Waals surface area (Å²) in [5.41, 5.74) is 0. The van der Waals surface area contributed by atoms with E-state index in [-0.39, 0.29) is 0 Å². The molecule has 2 rings (SSSR count). The minimum Gasteiger partial charge on any atom is -0.241 e. The maximum absolute atomic E-state index is 5.91. The van der Waals surface area contributed by atoms with Crippen molar-refractivity contribution in [2.75, 3.05) is 0 Å². The van der Waals surface area contributed by atoms with Crippen LogP contribution in [0.4, 0.5) is 0 Å². The lowest BCUT2D eigenvalue weighted by Gasteiger charge is -2.00. The summed E-state index contributed by atoms with van der Waals surface area (Å²) in [6, 6.07) is 0. The van der Waals surface area contributed by atoms with Crippen molar-refractivity contribution in [3.63, 3.8) is 0 Å². The molecule has 2 heterocycles. The Hall–Kier alpha value is 0.0200. The number of rotatable bonds is 1. The Morgan fingerprint density at radius 3 is 2.33 bits per heavy atom. The Kier molecular flexibility index (Phi) is 3.44. The minimum absolute atomic E-state index is 0.360. The van der Waals surface area contributed by atoms with E-state index in [1.165, 1.54) is 11.3 Å². The van der Waals surface area contributed by atoms with E-state index in [1.54, 1.807) is 6.20 Å². The maximum Gasteiger partial charge on any atom is 0.191 e. The lowest BCUT2D eigenvalue weighted by molar-refractivity contribution is 1.15. The van der Waals surface area contributed by atoms with Crippen molar-refractivity contribution < 1.29 is 0 Å². The van der Waals surface area contributed by atoms with Crippen LogP contribution in [0.2, 0.25) is 10.3 Å². The fourth-order valence-electron chi connectivity index (χ4n) is 0.948. The highest BCUT2D eigenvalue weighted by Crippen LogP contribution is 2.28. The van der Waals surface area contributed by atoms with E-state index >= 15 is 0 Å². The third-order valence-electron chi connectivity index (χ3n) is 1.58. The SMILES string of the molecule is Cc1cnc(-c2nc(Cl)c(I)c(Cl)n2)s1. The standard InChI is InChI=1S/C8H4Cl2IN3S/c1-3-2-12-8(15-3)7-13-5(9)4(11)6(10)14-7/h2H,1H3. The van der Waals surface area contributed by atoms with Crippen molar-refractivity contribution >= 4 is 57.1 Å². The number of thiazole rings is 1. The van der Waals surface area contributed by atoms with Crippen LogP contribution >= 0.6 is 57.1 Å². The number of aromatic nitrogens is 3. The molecule has 0 saturated heterocycles. The lowest BCUT2D eigenvalue weighted by atomic mass is 10.5. The lowest BCUT2D eigenvalue weighted by Crippen LogP contribution is -1.93. The Balaban J connectivity index is 2.55. The Morgan fingerprint density at radius 2 is 1.87 bits per heavy atom. The van der Waals surface area contributed by atoms with Crippen molar-refractivity contribution in [2.24, 2.45) is 0 Å². The molecule has 0 N–H and O–H groups in total. The molecule has 0 bridgehead atoms. The van der Waals surface area contributed by atoms with Gasteiger partial charge in [0.15, 0.2) is 10.8 Å². The van der Waals surface area contributed by atoms with Gasteiger partial charge >= 0.3 is 0 Å². The zero-order valence-electron chi connectivity index (χ0n) is 7.46.